The van der Waals surface area contributed by atoms with Crippen LogP contribution in [0.15, 0.2) is 59.5 Å². The third kappa shape index (κ3) is 14.8. The van der Waals surface area contributed by atoms with E-state index in [1.165, 1.54) is 95.4 Å². The molecule has 51 heavy (non-hydrogen) atoms. The first-order valence-electron chi connectivity index (χ1n) is 20.4. The number of unbranched alkanes of at least 4 members (excludes halogenated alkanes) is 1. The fourth-order valence-electron chi connectivity index (χ4n) is 9.45. The molecule has 4 aliphatic carbocycles. The molecule has 1 amide bonds. The predicted molar refractivity (Wildman–Crippen MR) is 224 cm³/mol. The predicted octanol–water partition coefficient (Wildman–Crippen LogP) is 13.1. The Morgan fingerprint density at radius 1 is 0.902 bits per heavy atom. The molecule has 4 aliphatic rings. The van der Waals surface area contributed by atoms with Crippen LogP contribution in [-0.2, 0) is 14.3 Å². The maximum atomic E-state index is 12.6. The van der Waals surface area contributed by atoms with Gasteiger partial charge in [-0.05, 0) is 156 Å². The van der Waals surface area contributed by atoms with Crippen LogP contribution in [0.2, 0.25) is 0 Å². The number of ether oxygens (including phenoxy) is 2. The molecule has 0 aliphatic heterocycles. The Morgan fingerprint density at radius 2 is 1.57 bits per heavy atom. The molecular formula is C45H81NO4S. The summed E-state index contributed by atoms with van der Waals surface area (Å²) in [6, 6.07) is 0. The highest BCUT2D eigenvalue weighted by molar-refractivity contribution is 8.01. The monoisotopic (exact) mass is 732 g/mol. The first kappa shape index (κ1) is 49.1. The van der Waals surface area contributed by atoms with Crippen LogP contribution in [0.1, 0.15) is 159 Å². The van der Waals surface area contributed by atoms with Crippen LogP contribution >= 0.6 is 11.9 Å². The highest BCUT2D eigenvalue weighted by Crippen LogP contribution is 2.67. The van der Waals surface area contributed by atoms with Gasteiger partial charge in [0.05, 0.1) is 24.9 Å². The smallest absolute Gasteiger partial charge is 0.230 e. The molecule has 4 fully saturated rings. The maximum absolute atomic E-state index is 12.6. The quantitative estimate of drug-likeness (QED) is 0.119. The van der Waals surface area contributed by atoms with Gasteiger partial charge < -0.3 is 14.6 Å². The van der Waals surface area contributed by atoms with Crippen molar-refractivity contribution in [3.05, 3.63) is 59.5 Å². The molecule has 7 unspecified atom stereocenters. The zero-order chi connectivity index (χ0) is 38.9. The van der Waals surface area contributed by atoms with Crippen LogP contribution < -0.4 is 4.72 Å². The molecular weight excluding hydrogens is 651 g/mol. The van der Waals surface area contributed by atoms with E-state index >= 15 is 0 Å². The lowest BCUT2D eigenvalue weighted by atomic mass is 9.45. The molecule has 0 radical (unpaired) electrons. The first-order chi connectivity index (χ1) is 24.6. The van der Waals surface area contributed by atoms with Crippen LogP contribution in [0.5, 0.6) is 0 Å². The minimum Gasteiger partial charge on any atom is -0.501 e. The van der Waals surface area contributed by atoms with E-state index in [9.17, 15) is 4.79 Å². The number of hydrogen-bond donors (Lipinski definition) is 2. The zero-order valence-electron chi connectivity index (χ0n) is 35.2. The number of carbonyl (C=O) groups excluding carboxylic acids is 1. The molecule has 2 N–H and O–H groups in total. The summed E-state index contributed by atoms with van der Waals surface area (Å²) in [4.78, 5) is 13.5. The summed E-state index contributed by atoms with van der Waals surface area (Å²) in [5.74, 6) is 6.41. The second-order valence-corrected chi connectivity index (χ2v) is 15.7. The fourth-order valence-corrected chi connectivity index (χ4v) is 10.2. The molecule has 4 rings (SSSR count). The normalized spacial score (nSPS) is 29.7. The van der Waals surface area contributed by atoms with Crippen LogP contribution in [0, 0.1) is 40.4 Å². The van der Waals surface area contributed by atoms with Gasteiger partial charge in [-0.3, -0.25) is 9.52 Å². The van der Waals surface area contributed by atoms with Gasteiger partial charge in [0, 0.05) is 13.5 Å². The Morgan fingerprint density at radius 3 is 2.14 bits per heavy atom. The third-order valence-electron chi connectivity index (χ3n) is 12.3. The van der Waals surface area contributed by atoms with E-state index < -0.39 is 0 Å². The minimum atomic E-state index is 0.114. The summed E-state index contributed by atoms with van der Waals surface area (Å²) < 4.78 is 13.2. The highest BCUT2D eigenvalue weighted by Gasteiger charge is 2.59. The van der Waals surface area contributed by atoms with E-state index in [0.29, 0.717) is 23.0 Å². The molecule has 296 valence electrons. The van der Waals surface area contributed by atoms with Gasteiger partial charge in [-0.2, -0.15) is 0 Å². The summed E-state index contributed by atoms with van der Waals surface area (Å²) in [5.41, 5.74) is 1.13. The van der Waals surface area contributed by atoms with E-state index in [4.69, 9.17) is 14.6 Å². The topological polar surface area (TPSA) is 67.8 Å². The van der Waals surface area contributed by atoms with Crippen LogP contribution in [0.3, 0.4) is 0 Å². The van der Waals surface area contributed by atoms with Gasteiger partial charge in [-0.25, -0.2) is 0 Å². The van der Waals surface area contributed by atoms with Gasteiger partial charge >= 0.3 is 0 Å². The standard InChI is InChI=1S/C31H49NO2S.C7H12O.C4H10.C2H6.CH4O/c1-6-11-28(27(7-2)34-5)35-32-29(33)14-10-13-23-16-18-25-24-17-15-22-12-8-9-20-30(22,3)26(24)19-21-31(23,25)4;1-4-5-6-7(2)8-3;1-3-4-2;2*1-2/h6-7,11,22-26H,2,8-10,12-21H2,1,3-5H3,(H,32,33);4-6H,1-3H3;3-4H2,1-2H3;1-2H3;2H,1H3/b11-6-,28-27-;5-4-,7-6+;;;. The van der Waals surface area contributed by atoms with Crippen molar-refractivity contribution in [3.63, 3.8) is 0 Å². The molecule has 0 aromatic heterocycles. The van der Waals surface area contributed by atoms with Gasteiger partial charge in [0.2, 0.25) is 5.91 Å². The van der Waals surface area contributed by atoms with Gasteiger partial charge in [-0.15, -0.1) is 0 Å². The summed E-state index contributed by atoms with van der Waals surface area (Å²) in [7, 11) is 4.29. The van der Waals surface area contributed by atoms with E-state index in [0.717, 1.165) is 53.8 Å². The van der Waals surface area contributed by atoms with Crippen molar-refractivity contribution < 1.29 is 19.4 Å². The van der Waals surface area contributed by atoms with Crippen molar-refractivity contribution >= 4 is 17.9 Å². The van der Waals surface area contributed by atoms with Crippen LogP contribution in [0.25, 0.3) is 0 Å². The molecule has 5 nitrogen and oxygen atoms in total. The average molecular weight is 732 g/mol. The number of hydrogen-bond acceptors (Lipinski definition) is 5. The van der Waals surface area contributed by atoms with Crippen molar-refractivity contribution in [1.29, 1.82) is 0 Å². The van der Waals surface area contributed by atoms with Gasteiger partial charge in [0.15, 0.2) is 0 Å². The van der Waals surface area contributed by atoms with Crippen molar-refractivity contribution in [1.82, 2.24) is 4.72 Å². The molecule has 7 atom stereocenters. The molecule has 4 saturated carbocycles. The molecule has 0 bridgehead atoms. The van der Waals surface area contributed by atoms with Crippen LogP contribution in [-0.4, -0.2) is 32.3 Å². The van der Waals surface area contributed by atoms with Gasteiger partial charge in [0.1, 0.15) is 5.76 Å². The average Bonchev–Trinajstić information content (AvgIpc) is 3.50. The number of fused-ring (bicyclic) bond motifs is 5. The van der Waals surface area contributed by atoms with Crippen LogP contribution in [0.4, 0.5) is 0 Å². The summed E-state index contributed by atoms with van der Waals surface area (Å²) in [6.07, 6.45) is 31.5. The largest absolute Gasteiger partial charge is 0.501 e. The molecule has 0 spiro atoms. The Labute approximate surface area is 320 Å². The Balaban J connectivity index is 0.00000132. The molecule has 0 aromatic rings. The fraction of sp³-hybridized carbons (Fsp3) is 0.756. The first-order valence-corrected chi connectivity index (χ1v) is 21.2. The second-order valence-electron chi connectivity index (χ2n) is 14.9. The summed E-state index contributed by atoms with van der Waals surface area (Å²) in [5, 5.41) is 7.00. The Bertz CT molecular complexity index is 1080. The number of methoxy groups -OCH3 is 2. The molecule has 0 aromatic carbocycles. The molecule has 0 saturated heterocycles. The lowest BCUT2D eigenvalue weighted by Gasteiger charge is -2.60. The maximum Gasteiger partial charge on any atom is 0.230 e. The van der Waals surface area contributed by atoms with E-state index in [1.807, 2.05) is 65.0 Å². The SMILES string of the molecule is C/C=C\C=C(/C)OC.C=C/C(OC)=C(\C=C/C)SNC(=O)CCCC1CCC2C3CCC4CCCCC4(C)C3CCC12C.CC.CCCC.CO. The number of aliphatic hydroxyl groups is 1. The minimum absolute atomic E-state index is 0.114. The zero-order valence-corrected chi connectivity index (χ0v) is 36.1. The van der Waals surface area contributed by atoms with Crippen molar-refractivity contribution in [3.8, 4) is 0 Å². The number of amides is 1. The number of rotatable bonds is 12. The van der Waals surface area contributed by atoms with E-state index in [1.54, 1.807) is 20.3 Å². The lowest BCUT2D eigenvalue weighted by Crippen LogP contribution is -2.52. The summed E-state index contributed by atoms with van der Waals surface area (Å²) in [6.45, 7) is 23.3. The van der Waals surface area contributed by atoms with E-state index in [2.05, 4.69) is 39.0 Å². The van der Waals surface area contributed by atoms with Crippen molar-refractivity contribution in [2.45, 2.75) is 159 Å². The number of nitrogens with one attached hydrogen (secondary N) is 1. The number of aliphatic hydroxyl groups excluding tert-OH is 1. The van der Waals surface area contributed by atoms with Gasteiger partial charge in [0.25, 0.3) is 0 Å². The summed E-state index contributed by atoms with van der Waals surface area (Å²) >= 11 is 1.33. The molecule has 6 heteroatoms. The van der Waals surface area contributed by atoms with Gasteiger partial charge in [-0.1, -0.05) is 92.0 Å². The second kappa shape index (κ2) is 27.7. The Kier molecular flexibility index (Phi) is 26.6. The van der Waals surface area contributed by atoms with Crippen molar-refractivity contribution in [2.24, 2.45) is 40.4 Å². The number of allylic oxidation sites excluding steroid dienone is 7. The Hall–Kier alpha value is -1.92. The molecule has 0 heterocycles. The highest BCUT2D eigenvalue weighted by atomic mass is 32.2. The lowest BCUT2D eigenvalue weighted by molar-refractivity contribution is -0.119. The van der Waals surface area contributed by atoms with E-state index in [-0.39, 0.29) is 5.91 Å². The van der Waals surface area contributed by atoms with Crippen molar-refractivity contribution in [2.75, 3.05) is 21.3 Å². The number of carbonyl (C=O) groups is 1. The third-order valence-corrected chi connectivity index (χ3v) is 13.2.